The zero-order valence-corrected chi connectivity index (χ0v) is 13.2. The van der Waals surface area contributed by atoms with Gasteiger partial charge in [-0.1, -0.05) is 0 Å². The molecule has 0 bridgehead atoms. The number of H-pyrrole nitrogens is 1. The highest BCUT2D eigenvalue weighted by Gasteiger charge is 2.28. The van der Waals surface area contributed by atoms with Crippen LogP contribution in [0.25, 0.3) is 0 Å². The number of rotatable bonds is 6. The van der Waals surface area contributed by atoms with Gasteiger partial charge in [0.25, 0.3) is 5.56 Å². The molecule has 1 fully saturated rings. The molecule has 10 heteroatoms. The normalized spacial score (nSPS) is 20.5. The lowest BCUT2D eigenvalue weighted by molar-refractivity contribution is -0.131. The average Bonchev–Trinajstić information content (AvgIpc) is 2.51. The van der Waals surface area contributed by atoms with Crippen LogP contribution in [0.2, 0.25) is 0 Å². The third-order valence-corrected chi connectivity index (χ3v) is 3.58. The number of ether oxygens (including phenoxy) is 2. The number of aryl methyl sites for hydroxylation is 1. The molecular formula is C14H20N4O6. The lowest BCUT2D eigenvalue weighted by atomic mass is 10.1. The highest BCUT2D eigenvalue weighted by Crippen LogP contribution is 2.11. The first-order valence-corrected chi connectivity index (χ1v) is 7.44. The molecule has 2 amide bonds. The van der Waals surface area contributed by atoms with E-state index < -0.39 is 35.2 Å². The van der Waals surface area contributed by atoms with Crippen LogP contribution < -0.4 is 22.3 Å². The summed E-state index contributed by atoms with van der Waals surface area (Å²) in [6.07, 6.45) is 1.43. The van der Waals surface area contributed by atoms with Crippen LogP contribution in [-0.4, -0.2) is 53.3 Å². The summed E-state index contributed by atoms with van der Waals surface area (Å²) in [5.41, 5.74) is 4.22. The van der Waals surface area contributed by atoms with Crippen LogP contribution in [0.4, 0.5) is 0 Å². The van der Waals surface area contributed by atoms with Crippen molar-refractivity contribution in [2.45, 2.75) is 32.0 Å². The van der Waals surface area contributed by atoms with Crippen molar-refractivity contribution in [3.8, 4) is 0 Å². The number of amides is 2. The van der Waals surface area contributed by atoms with Gasteiger partial charge in [0.15, 0.2) is 0 Å². The lowest BCUT2D eigenvalue weighted by Gasteiger charge is -2.31. The highest BCUT2D eigenvalue weighted by atomic mass is 16.5. The van der Waals surface area contributed by atoms with E-state index in [9.17, 15) is 19.2 Å². The number of hydrogen-bond donors (Lipinski definition) is 3. The molecule has 0 aliphatic carbocycles. The average molecular weight is 340 g/mol. The summed E-state index contributed by atoms with van der Waals surface area (Å²) < 4.78 is 11.8. The van der Waals surface area contributed by atoms with Gasteiger partial charge in [-0.25, -0.2) is 4.79 Å². The van der Waals surface area contributed by atoms with E-state index in [1.165, 1.54) is 13.1 Å². The molecule has 0 radical (unpaired) electrons. The van der Waals surface area contributed by atoms with Crippen molar-refractivity contribution in [3.05, 3.63) is 32.6 Å². The van der Waals surface area contributed by atoms with Crippen molar-refractivity contribution in [3.63, 3.8) is 0 Å². The van der Waals surface area contributed by atoms with E-state index in [1.807, 2.05) is 0 Å². The van der Waals surface area contributed by atoms with Gasteiger partial charge in [-0.2, -0.15) is 0 Å². The van der Waals surface area contributed by atoms with Crippen LogP contribution in [-0.2, 0) is 25.6 Å². The summed E-state index contributed by atoms with van der Waals surface area (Å²) in [4.78, 5) is 48.1. The van der Waals surface area contributed by atoms with E-state index >= 15 is 0 Å². The van der Waals surface area contributed by atoms with Gasteiger partial charge in [0, 0.05) is 18.4 Å². The minimum atomic E-state index is -0.665. The van der Waals surface area contributed by atoms with Crippen LogP contribution in [0.1, 0.15) is 12.0 Å². The zero-order chi connectivity index (χ0) is 17.7. The summed E-state index contributed by atoms with van der Waals surface area (Å²) >= 11 is 0. The fourth-order valence-electron chi connectivity index (χ4n) is 2.38. The third-order valence-electron chi connectivity index (χ3n) is 3.58. The van der Waals surface area contributed by atoms with Crippen molar-refractivity contribution in [1.29, 1.82) is 0 Å². The Morgan fingerprint density at radius 2 is 2.25 bits per heavy atom. The largest absolute Gasteiger partial charge is 0.379 e. The first-order valence-electron chi connectivity index (χ1n) is 7.44. The Morgan fingerprint density at radius 3 is 2.96 bits per heavy atom. The van der Waals surface area contributed by atoms with Crippen LogP contribution in [0.3, 0.4) is 0 Å². The Labute approximate surface area is 136 Å². The molecule has 4 N–H and O–H groups in total. The first kappa shape index (κ1) is 17.9. The Hall–Kier alpha value is -2.46. The number of carbonyl (C=O) groups excluding carboxylic acids is 2. The van der Waals surface area contributed by atoms with Gasteiger partial charge < -0.3 is 20.5 Å². The molecule has 10 nitrogen and oxygen atoms in total. The minimum Gasteiger partial charge on any atom is -0.379 e. The third kappa shape index (κ3) is 4.77. The van der Waals surface area contributed by atoms with E-state index in [1.54, 1.807) is 0 Å². The number of aromatic nitrogens is 2. The maximum atomic E-state index is 12.1. The number of primary amides is 1. The van der Waals surface area contributed by atoms with E-state index in [4.69, 9.17) is 15.2 Å². The fourth-order valence-corrected chi connectivity index (χ4v) is 2.38. The summed E-state index contributed by atoms with van der Waals surface area (Å²) in [6, 6.07) is -0.454. The Kier molecular flexibility index (Phi) is 5.88. The molecule has 2 atom stereocenters. The second-order valence-corrected chi connectivity index (χ2v) is 5.55. The molecule has 0 saturated carbocycles. The zero-order valence-electron chi connectivity index (χ0n) is 13.2. The molecule has 132 valence electrons. The highest BCUT2D eigenvalue weighted by molar-refractivity contribution is 5.76. The van der Waals surface area contributed by atoms with Gasteiger partial charge in [0.2, 0.25) is 11.8 Å². The number of aromatic amines is 1. The molecule has 1 aliphatic heterocycles. The van der Waals surface area contributed by atoms with Crippen molar-refractivity contribution >= 4 is 11.8 Å². The molecule has 2 heterocycles. The van der Waals surface area contributed by atoms with Crippen molar-refractivity contribution in [2.24, 2.45) is 5.73 Å². The minimum absolute atomic E-state index is 0.231. The molecule has 0 unspecified atom stereocenters. The van der Waals surface area contributed by atoms with Gasteiger partial charge in [-0.15, -0.1) is 0 Å². The van der Waals surface area contributed by atoms with Gasteiger partial charge in [-0.05, 0) is 13.3 Å². The number of nitrogens with two attached hydrogens (primary N) is 1. The molecule has 0 aromatic carbocycles. The summed E-state index contributed by atoms with van der Waals surface area (Å²) in [5, 5.41) is 2.71. The smallest absolute Gasteiger partial charge is 0.328 e. The Bertz CT molecular complexity index is 725. The first-order chi connectivity index (χ1) is 11.4. The van der Waals surface area contributed by atoms with Gasteiger partial charge in [-0.3, -0.25) is 23.9 Å². The van der Waals surface area contributed by atoms with E-state index in [0.717, 1.165) is 4.57 Å². The van der Waals surface area contributed by atoms with Crippen molar-refractivity contribution < 1.29 is 19.1 Å². The quantitative estimate of drug-likeness (QED) is 0.527. The summed E-state index contributed by atoms with van der Waals surface area (Å²) in [6.45, 7) is 1.73. The number of nitrogens with one attached hydrogen (secondary N) is 2. The van der Waals surface area contributed by atoms with Crippen molar-refractivity contribution in [1.82, 2.24) is 14.9 Å². The molecule has 1 aromatic heterocycles. The number of carbonyl (C=O) groups is 2. The summed E-state index contributed by atoms with van der Waals surface area (Å²) in [7, 11) is 0. The Balaban J connectivity index is 1.99. The van der Waals surface area contributed by atoms with E-state index in [0.29, 0.717) is 18.6 Å². The fraction of sp³-hybridized carbons (Fsp3) is 0.571. The second-order valence-electron chi connectivity index (χ2n) is 5.55. The molecule has 2 rings (SSSR count). The SMILES string of the molecule is Cc1cn(CC(=O)N[C@@H]2COCC[C@@H]2OCC(N)=O)c(=O)[nH]c1=O. The van der Waals surface area contributed by atoms with Crippen LogP contribution in [0, 0.1) is 6.92 Å². The van der Waals surface area contributed by atoms with Crippen LogP contribution in [0.15, 0.2) is 15.8 Å². The van der Waals surface area contributed by atoms with Gasteiger partial charge >= 0.3 is 5.69 Å². The Morgan fingerprint density at radius 1 is 1.50 bits per heavy atom. The number of hydrogen-bond acceptors (Lipinski definition) is 6. The van der Waals surface area contributed by atoms with Crippen molar-refractivity contribution in [2.75, 3.05) is 19.8 Å². The maximum Gasteiger partial charge on any atom is 0.328 e. The van der Waals surface area contributed by atoms with E-state index in [-0.39, 0.29) is 19.8 Å². The van der Waals surface area contributed by atoms with Gasteiger partial charge in [0.1, 0.15) is 13.2 Å². The topological polar surface area (TPSA) is 146 Å². The number of nitrogens with zero attached hydrogens (tertiary/aromatic N) is 1. The van der Waals surface area contributed by atoms with E-state index in [2.05, 4.69) is 10.3 Å². The molecule has 1 aliphatic rings. The predicted molar refractivity (Wildman–Crippen MR) is 82.4 cm³/mol. The summed E-state index contributed by atoms with van der Waals surface area (Å²) in [5.74, 6) is -1.03. The van der Waals surface area contributed by atoms with Crippen LogP contribution >= 0.6 is 0 Å². The molecule has 1 saturated heterocycles. The standard InChI is InChI=1S/C14H20N4O6/c1-8-4-18(14(22)17-13(8)21)5-12(20)16-9-6-23-3-2-10(9)24-7-11(15)19/h4,9-10H,2-3,5-7H2,1H3,(H2,15,19)(H,16,20)(H,17,21,22)/t9-,10+/m1/s1. The second kappa shape index (κ2) is 7.88. The maximum absolute atomic E-state index is 12.1. The molecule has 1 aromatic rings. The molecule has 24 heavy (non-hydrogen) atoms. The monoisotopic (exact) mass is 340 g/mol. The van der Waals surface area contributed by atoms with Gasteiger partial charge in [0.05, 0.1) is 18.8 Å². The lowest BCUT2D eigenvalue weighted by Crippen LogP contribution is -2.52. The molecule has 0 spiro atoms. The predicted octanol–water partition coefficient (Wildman–Crippen LogP) is -2.38. The molecular weight excluding hydrogens is 320 g/mol. The van der Waals surface area contributed by atoms with Crippen LogP contribution in [0.5, 0.6) is 0 Å².